The maximum atomic E-state index is 13.3. The van der Waals surface area contributed by atoms with Gasteiger partial charge >= 0.3 is 6.18 Å². The van der Waals surface area contributed by atoms with Gasteiger partial charge in [0.05, 0.1) is 5.57 Å². The van der Waals surface area contributed by atoms with Crippen LogP contribution in [0.2, 0.25) is 0 Å². The van der Waals surface area contributed by atoms with E-state index in [0.717, 1.165) is 18.9 Å². The molecule has 0 N–H and O–H groups in total. The number of hydrogen-bond donors (Lipinski definition) is 0. The maximum absolute atomic E-state index is 13.3. The fourth-order valence-corrected chi connectivity index (χ4v) is 2.76. The van der Waals surface area contributed by atoms with Crippen LogP contribution in [0.3, 0.4) is 0 Å². The molecule has 0 unspecified atom stereocenters. The van der Waals surface area contributed by atoms with Crippen molar-refractivity contribution in [3.05, 3.63) is 42.0 Å². The molecular formula is C17H21F3N2O. The molecule has 2 rings (SSSR count). The van der Waals surface area contributed by atoms with Crippen LogP contribution in [-0.2, 0) is 4.79 Å². The van der Waals surface area contributed by atoms with E-state index in [1.165, 1.54) is 29.2 Å². The maximum Gasteiger partial charge on any atom is 0.417 e. The summed E-state index contributed by atoms with van der Waals surface area (Å²) >= 11 is 0. The number of hydrogen-bond acceptors (Lipinski definition) is 2. The van der Waals surface area contributed by atoms with Crippen molar-refractivity contribution in [1.29, 1.82) is 0 Å². The molecule has 0 radical (unpaired) electrons. The standard InChI is InChI=1S/C17H21F3N2O/c1-21(2)14-8-10-22(11-9-14)16(23)12-15(17(18,19)20)13-6-4-3-5-7-13/h3-7,12,14H,8-11H2,1-2H3. The molecule has 6 heteroatoms. The second-order valence-electron chi connectivity index (χ2n) is 5.94. The first-order valence-electron chi connectivity index (χ1n) is 7.58. The van der Waals surface area contributed by atoms with Gasteiger partial charge in [0.15, 0.2) is 0 Å². The molecule has 0 aliphatic carbocycles. The molecule has 1 aromatic carbocycles. The molecule has 0 bridgehead atoms. The molecule has 3 nitrogen and oxygen atoms in total. The highest BCUT2D eigenvalue weighted by Crippen LogP contribution is 2.34. The van der Waals surface area contributed by atoms with E-state index >= 15 is 0 Å². The van der Waals surface area contributed by atoms with E-state index in [1.54, 1.807) is 6.07 Å². The molecule has 0 spiro atoms. The zero-order chi connectivity index (χ0) is 17.0. The third kappa shape index (κ3) is 4.58. The minimum absolute atomic E-state index is 0.0107. The Kier molecular flexibility index (Phi) is 5.46. The smallest absolute Gasteiger partial charge is 0.339 e. The number of halogens is 3. The molecule has 126 valence electrons. The first kappa shape index (κ1) is 17.5. The number of allylic oxidation sites excluding steroid dienone is 1. The summed E-state index contributed by atoms with van der Waals surface area (Å²) in [5.74, 6) is -0.571. The fraction of sp³-hybridized carbons (Fsp3) is 0.471. The number of benzene rings is 1. The van der Waals surface area contributed by atoms with Gasteiger partial charge < -0.3 is 9.80 Å². The molecule has 1 aliphatic rings. The SMILES string of the molecule is CN(C)C1CCN(C(=O)C=C(c2ccccc2)C(F)(F)F)CC1. The molecule has 1 amide bonds. The van der Waals surface area contributed by atoms with Crippen LogP contribution in [0.15, 0.2) is 36.4 Å². The van der Waals surface area contributed by atoms with Crippen molar-refractivity contribution in [2.45, 2.75) is 25.1 Å². The number of carbonyl (C=O) groups excluding carboxylic acids is 1. The van der Waals surface area contributed by atoms with Crippen molar-refractivity contribution < 1.29 is 18.0 Å². The molecule has 1 aromatic rings. The molecule has 0 saturated carbocycles. The van der Waals surface area contributed by atoms with Crippen molar-refractivity contribution in [2.24, 2.45) is 0 Å². The summed E-state index contributed by atoms with van der Waals surface area (Å²) in [6.45, 7) is 0.968. The summed E-state index contributed by atoms with van der Waals surface area (Å²) in [5, 5.41) is 0. The largest absolute Gasteiger partial charge is 0.417 e. The van der Waals surface area contributed by atoms with Crippen LogP contribution in [-0.4, -0.2) is 55.1 Å². The lowest BCUT2D eigenvalue weighted by atomic mass is 10.0. The Morgan fingerprint density at radius 1 is 1.17 bits per heavy atom. The predicted octanol–water partition coefficient (Wildman–Crippen LogP) is 3.18. The minimum atomic E-state index is -4.56. The Morgan fingerprint density at radius 3 is 2.22 bits per heavy atom. The molecular weight excluding hydrogens is 305 g/mol. The Morgan fingerprint density at radius 2 is 1.74 bits per heavy atom. The lowest BCUT2D eigenvalue weighted by molar-refractivity contribution is -0.127. The van der Waals surface area contributed by atoms with Crippen molar-refractivity contribution in [2.75, 3.05) is 27.2 Å². The number of rotatable bonds is 3. The van der Waals surface area contributed by atoms with Crippen molar-refractivity contribution in [1.82, 2.24) is 9.80 Å². The van der Waals surface area contributed by atoms with Gasteiger partial charge in [-0.2, -0.15) is 13.2 Å². The molecule has 1 fully saturated rings. The van der Waals surface area contributed by atoms with Crippen LogP contribution in [0.1, 0.15) is 18.4 Å². The van der Waals surface area contributed by atoms with Gasteiger partial charge in [0.2, 0.25) is 5.91 Å². The van der Waals surface area contributed by atoms with Crippen molar-refractivity contribution in [3.63, 3.8) is 0 Å². The predicted molar refractivity (Wildman–Crippen MR) is 83.8 cm³/mol. The average molecular weight is 326 g/mol. The number of nitrogens with zero attached hydrogens (tertiary/aromatic N) is 2. The van der Waals surface area contributed by atoms with Crippen LogP contribution in [0, 0.1) is 0 Å². The number of carbonyl (C=O) groups is 1. The number of amides is 1. The molecule has 1 aliphatic heterocycles. The van der Waals surface area contributed by atoms with Crippen LogP contribution in [0.5, 0.6) is 0 Å². The highest BCUT2D eigenvalue weighted by molar-refractivity contribution is 5.96. The van der Waals surface area contributed by atoms with Gasteiger partial charge in [-0.15, -0.1) is 0 Å². The number of likely N-dealkylation sites (tertiary alicyclic amines) is 1. The highest BCUT2D eigenvalue weighted by atomic mass is 19.4. The Bertz CT molecular complexity index is 559. The zero-order valence-electron chi connectivity index (χ0n) is 13.3. The summed E-state index contributed by atoms with van der Waals surface area (Å²) in [6.07, 6.45) is -2.27. The monoisotopic (exact) mass is 326 g/mol. The molecule has 0 aromatic heterocycles. The van der Waals surface area contributed by atoms with Crippen LogP contribution < -0.4 is 0 Å². The third-order valence-corrected chi connectivity index (χ3v) is 4.16. The topological polar surface area (TPSA) is 23.6 Å². The van der Waals surface area contributed by atoms with E-state index in [2.05, 4.69) is 4.90 Å². The summed E-state index contributed by atoms with van der Waals surface area (Å²) in [5.41, 5.74) is -0.880. The zero-order valence-corrected chi connectivity index (χ0v) is 13.3. The molecule has 1 heterocycles. The molecule has 23 heavy (non-hydrogen) atoms. The Hall–Kier alpha value is -1.82. The highest BCUT2D eigenvalue weighted by Gasteiger charge is 2.36. The van der Waals surface area contributed by atoms with Gasteiger partial charge in [-0.3, -0.25) is 4.79 Å². The van der Waals surface area contributed by atoms with Gasteiger partial charge in [0, 0.05) is 25.2 Å². The van der Waals surface area contributed by atoms with E-state index in [-0.39, 0.29) is 5.56 Å². The van der Waals surface area contributed by atoms with E-state index in [4.69, 9.17) is 0 Å². The van der Waals surface area contributed by atoms with Crippen LogP contribution in [0.25, 0.3) is 5.57 Å². The second-order valence-corrected chi connectivity index (χ2v) is 5.94. The van der Waals surface area contributed by atoms with Crippen molar-refractivity contribution >= 4 is 11.5 Å². The summed E-state index contributed by atoms with van der Waals surface area (Å²) in [4.78, 5) is 15.8. The number of alkyl halides is 3. The normalized spacial score (nSPS) is 17.7. The van der Waals surface area contributed by atoms with Crippen LogP contribution in [0.4, 0.5) is 13.2 Å². The molecule has 0 atom stereocenters. The average Bonchev–Trinajstić information content (AvgIpc) is 2.52. The lowest BCUT2D eigenvalue weighted by Gasteiger charge is -2.34. The summed E-state index contributed by atoms with van der Waals surface area (Å²) < 4.78 is 39.8. The molecule has 1 saturated heterocycles. The summed E-state index contributed by atoms with van der Waals surface area (Å²) in [7, 11) is 3.94. The van der Waals surface area contributed by atoms with Gasteiger partial charge in [0.1, 0.15) is 0 Å². The Labute approximate surface area is 134 Å². The lowest BCUT2D eigenvalue weighted by Crippen LogP contribution is -2.44. The van der Waals surface area contributed by atoms with Gasteiger partial charge in [-0.1, -0.05) is 30.3 Å². The quantitative estimate of drug-likeness (QED) is 0.797. The third-order valence-electron chi connectivity index (χ3n) is 4.16. The Balaban J connectivity index is 2.15. The number of piperidine rings is 1. The second kappa shape index (κ2) is 7.17. The van der Waals surface area contributed by atoms with Gasteiger partial charge in [0.25, 0.3) is 0 Å². The first-order chi connectivity index (χ1) is 10.8. The first-order valence-corrected chi connectivity index (χ1v) is 7.58. The van der Waals surface area contributed by atoms with Crippen LogP contribution >= 0.6 is 0 Å². The fourth-order valence-electron chi connectivity index (χ4n) is 2.76. The minimum Gasteiger partial charge on any atom is -0.339 e. The van der Waals surface area contributed by atoms with E-state index in [0.29, 0.717) is 19.1 Å². The van der Waals surface area contributed by atoms with Gasteiger partial charge in [-0.25, -0.2) is 0 Å². The van der Waals surface area contributed by atoms with E-state index < -0.39 is 17.7 Å². The van der Waals surface area contributed by atoms with E-state index in [1.807, 2.05) is 14.1 Å². The summed E-state index contributed by atoms with van der Waals surface area (Å²) in [6, 6.07) is 7.81. The van der Waals surface area contributed by atoms with E-state index in [9.17, 15) is 18.0 Å². The van der Waals surface area contributed by atoms with Gasteiger partial charge in [-0.05, 0) is 32.5 Å². The van der Waals surface area contributed by atoms with Crippen molar-refractivity contribution in [3.8, 4) is 0 Å².